The maximum Gasteiger partial charge on any atom is 0.134 e. The van der Waals surface area contributed by atoms with E-state index in [1.165, 1.54) is 12.8 Å². The van der Waals surface area contributed by atoms with Crippen molar-refractivity contribution in [1.29, 1.82) is 0 Å². The van der Waals surface area contributed by atoms with Gasteiger partial charge < -0.3 is 10.2 Å². The molecule has 1 saturated carbocycles. The molecule has 0 radical (unpaired) electrons. The van der Waals surface area contributed by atoms with Gasteiger partial charge in [0.25, 0.3) is 0 Å². The SMILES string of the molecule is CNc1cc(N(C)C(C)C2CC2)ncn1. The number of anilines is 2. The lowest BCUT2D eigenvalue weighted by Gasteiger charge is -2.25. The Kier molecular flexibility index (Phi) is 2.75. The molecule has 0 amide bonds. The molecule has 1 heterocycles. The monoisotopic (exact) mass is 206 g/mol. The van der Waals surface area contributed by atoms with Crippen LogP contribution in [0.25, 0.3) is 0 Å². The Balaban J connectivity index is 2.12. The van der Waals surface area contributed by atoms with E-state index in [1.54, 1.807) is 6.33 Å². The minimum atomic E-state index is 0.574. The highest BCUT2D eigenvalue weighted by Gasteiger charge is 2.31. The quantitative estimate of drug-likeness (QED) is 0.815. The molecule has 0 spiro atoms. The predicted octanol–water partition coefficient (Wildman–Crippen LogP) is 1.75. The van der Waals surface area contributed by atoms with E-state index in [4.69, 9.17) is 0 Å². The highest BCUT2D eigenvalue weighted by atomic mass is 15.2. The molecule has 1 atom stereocenters. The van der Waals surface area contributed by atoms with Crippen molar-refractivity contribution >= 4 is 11.6 Å². The molecule has 1 aliphatic rings. The van der Waals surface area contributed by atoms with Crippen LogP contribution in [-0.4, -0.2) is 30.1 Å². The Labute approximate surface area is 90.7 Å². The largest absolute Gasteiger partial charge is 0.373 e. The summed E-state index contributed by atoms with van der Waals surface area (Å²) in [6, 6.07) is 2.56. The van der Waals surface area contributed by atoms with E-state index in [-0.39, 0.29) is 0 Å². The van der Waals surface area contributed by atoms with Crippen molar-refractivity contribution in [1.82, 2.24) is 9.97 Å². The third-order valence-electron chi connectivity index (χ3n) is 3.19. The lowest BCUT2D eigenvalue weighted by atomic mass is 10.2. The van der Waals surface area contributed by atoms with Crippen LogP contribution < -0.4 is 10.2 Å². The molecule has 1 N–H and O–H groups in total. The standard InChI is InChI=1S/C11H18N4/c1-8(9-4-5-9)15(3)11-6-10(12-2)13-7-14-11/h6-9H,4-5H2,1-3H3,(H,12,13,14). The lowest BCUT2D eigenvalue weighted by Crippen LogP contribution is -2.31. The van der Waals surface area contributed by atoms with Gasteiger partial charge in [-0.1, -0.05) is 0 Å². The Morgan fingerprint density at radius 3 is 2.80 bits per heavy atom. The van der Waals surface area contributed by atoms with Crippen LogP contribution in [0.1, 0.15) is 19.8 Å². The molecule has 4 heteroatoms. The average molecular weight is 206 g/mol. The fourth-order valence-corrected chi connectivity index (χ4v) is 1.78. The normalized spacial score (nSPS) is 17.3. The zero-order valence-corrected chi connectivity index (χ0v) is 9.57. The van der Waals surface area contributed by atoms with E-state index >= 15 is 0 Å². The first-order chi connectivity index (χ1) is 7.22. The van der Waals surface area contributed by atoms with Crippen LogP contribution in [0, 0.1) is 5.92 Å². The number of rotatable bonds is 4. The minimum Gasteiger partial charge on any atom is -0.373 e. The zero-order chi connectivity index (χ0) is 10.8. The van der Waals surface area contributed by atoms with Crippen molar-refractivity contribution in [2.75, 3.05) is 24.3 Å². The van der Waals surface area contributed by atoms with Crippen LogP contribution >= 0.6 is 0 Å². The molecule has 0 aliphatic heterocycles. The second-order valence-electron chi connectivity index (χ2n) is 4.20. The topological polar surface area (TPSA) is 41.0 Å². The van der Waals surface area contributed by atoms with Gasteiger partial charge in [0.2, 0.25) is 0 Å². The fraction of sp³-hybridized carbons (Fsp3) is 0.636. The molecule has 0 aromatic carbocycles. The number of nitrogens with zero attached hydrogens (tertiary/aromatic N) is 3. The predicted molar refractivity (Wildman–Crippen MR) is 62.2 cm³/mol. The van der Waals surface area contributed by atoms with Crippen LogP contribution in [-0.2, 0) is 0 Å². The number of hydrogen-bond donors (Lipinski definition) is 1. The van der Waals surface area contributed by atoms with Crippen LogP contribution in [0.5, 0.6) is 0 Å². The van der Waals surface area contributed by atoms with Crippen molar-refractivity contribution in [3.8, 4) is 0 Å². The summed E-state index contributed by atoms with van der Waals surface area (Å²) >= 11 is 0. The first kappa shape index (κ1) is 10.2. The molecule has 1 aromatic rings. The second kappa shape index (κ2) is 4.04. The number of hydrogen-bond acceptors (Lipinski definition) is 4. The molecule has 2 rings (SSSR count). The van der Waals surface area contributed by atoms with Crippen molar-refractivity contribution in [2.24, 2.45) is 5.92 Å². The van der Waals surface area contributed by atoms with E-state index in [9.17, 15) is 0 Å². The van der Waals surface area contributed by atoms with E-state index in [2.05, 4.69) is 34.2 Å². The Morgan fingerprint density at radius 2 is 2.20 bits per heavy atom. The summed E-state index contributed by atoms with van der Waals surface area (Å²) in [5, 5.41) is 3.03. The van der Waals surface area contributed by atoms with Gasteiger partial charge in [0, 0.05) is 26.2 Å². The van der Waals surface area contributed by atoms with E-state index in [1.807, 2.05) is 13.1 Å². The number of nitrogens with one attached hydrogen (secondary N) is 1. The van der Waals surface area contributed by atoms with Gasteiger partial charge in [0.1, 0.15) is 18.0 Å². The van der Waals surface area contributed by atoms with E-state index in [0.29, 0.717) is 6.04 Å². The van der Waals surface area contributed by atoms with E-state index < -0.39 is 0 Å². The summed E-state index contributed by atoms with van der Waals surface area (Å²) < 4.78 is 0. The van der Waals surface area contributed by atoms with Gasteiger partial charge in [-0.15, -0.1) is 0 Å². The molecular weight excluding hydrogens is 188 g/mol. The van der Waals surface area contributed by atoms with Crippen LogP contribution in [0.15, 0.2) is 12.4 Å². The third-order valence-corrected chi connectivity index (χ3v) is 3.19. The van der Waals surface area contributed by atoms with Gasteiger partial charge >= 0.3 is 0 Å². The molecule has 0 saturated heterocycles. The fourth-order valence-electron chi connectivity index (χ4n) is 1.78. The van der Waals surface area contributed by atoms with Gasteiger partial charge in [0.15, 0.2) is 0 Å². The summed E-state index contributed by atoms with van der Waals surface area (Å²) in [5.41, 5.74) is 0. The van der Waals surface area contributed by atoms with Gasteiger partial charge in [-0.05, 0) is 25.7 Å². The highest BCUT2D eigenvalue weighted by Crippen LogP contribution is 2.35. The molecule has 1 aliphatic carbocycles. The van der Waals surface area contributed by atoms with Crippen molar-refractivity contribution in [3.05, 3.63) is 12.4 Å². The molecule has 1 fully saturated rings. The van der Waals surface area contributed by atoms with Crippen LogP contribution in [0.4, 0.5) is 11.6 Å². The van der Waals surface area contributed by atoms with Gasteiger partial charge in [-0.25, -0.2) is 9.97 Å². The van der Waals surface area contributed by atoms with Crippen molar-refractivity contribution < 1.29 is 0 Å². The van der Waals surface area contributed by atoms with Crippen LogP contribution in [0.2, 0.25) is 0 Å². The molecule has 1 unspecified atom stereocenters. The first-order valence-corrected chi connectivity index (χ1v) is 5.45. The first-order valence-electron chi connectivity index (χ1n) is 5.45. The molecule has 0 bridgehead atoms. The van der Waals surface area contributed by atoms with Gasteiger partial charge in [-0.2, -0.15) is 0 Å². The van der Waals surface area contributed by atoms with E-state index in [0.717, 1.165) is 17.6 Å². The number of aromatic nitrogens is 2. The minimum absolute atomic E-state index is 0.574. The van der Waals surface area contributed by atoms with Crippen LogP contribution in [0.3, 0.4) is 0 Å². The Morgan fingerprint density at radius 1 is 1.47 bits per heavy atom. The summed E-state index contributed by atoms with van der Waals surface area (Å²) in [4.78, 5) is 10.6. The average Bonchev–Trinajstić information content (AvgIpc) is 3.11. The van der Waals surface area contributed by atoms with Gasteiger partial charge in [0.05, 0.1) is 0 Å². The third kappa shape index (κ3) is 2.19. The maximum atomic E-state index is 4.29. The molecule has 15 heavy (non-hydrogen) atoms. The highest BCUT2D eigenvalue weighted by molar-refractivity contribution is 5.48. The van der Waals surface area contributed by atoms with Crippen molar-refractivity contribution in [3.63, 3.8) is 0 Å². The summed E-state index contributed by atoms with van der Waals surface area (Å²) in [6.07, 6.45) is 4.32. The summed E-state index contributed by atoms with van der Waals surface area (Å²) in [6.45, 7) is 2.26. The second-order valence-corrected chi connectivity index (χ2v) is 4.20. The molecule has 4 nitrogen and oxygen atoms in total. The van der Waals surface area contributed by atoms with Crippen molar-refractivity contribution in [2.45, 2.75) is 25.8 Å². The summed E-state index contributed by atoms with van der Waals surface area (Å²) in [5.74, 6) is 2.71. The smallest absolute Gasteiger partial charge is 0.134 e. The molecular formula is C11H18N4. The zero-order valence-electron chi connectivity index (χ0n) is 9.57. The summed E-state index contributed by atoms with van der Waals surface area (Å²) in [7, 11) is 3.97. The molecule has 82 valence electrons. The lowest BCUT2D eigenvalue weighted by molar-refractivity contribution is 0.603. The Hall–Kier alpha value is -1.32. The van der Waals surface area contributed by atoms with Gasteiger partial charge in [-0.3, -0.25) is 0 Å². The molecule has 1 aromatic heterocycles. The Bertz CT molecular complexity index is 335. The maximum absolute atomic E-state index is 4.29.